The van der Waals surface area contributed by atoms with Crippen molar-refractivity contribution in [3.05, 3.63) is 48.4 Å². The van der Waals surface area contributed by atoms with Crippen LogP contribution in [0.4, 0.5) is 0 Å². The summed E-state index contributed by atoms with van der Waals surface area (Å²) in [6, 6.07) is 12.5. The van der Waals surface area contributed by atoms with E-state index < -0.39 is 6.10 Å². The van der Waals surface area contributed by atoms with Crippen LogP contribution in [0, 0.1) is 0 Å². The lowest BCUT2D eigenvalue weighted by Crippen LogP contribution is -2.35. The third-order valence-corrected chi connectivity index (χ3v) is 4.78. The maximum absolute atomic E-state index is 12.1. The van der Waals surface area contributed by atoms with E-state index in [9.17, 15) is 9.90 Å². The second kappa shape index (κ2) is 10.7. The van der Waals surface area contributed by atoms with Crippen LogP contribution >= 0.6 is 0 Å². The van der Waals surface area contributed by atoms with E-state index in [1.54, 1.807) is 18.2 Å². The minimum Gasteiger partial charge on any atom is -0.494 e. The molecular formula is C23H25N3O7. The largest absolute Gasteiger partial charge is 0.494 e. The third kappa shape index (κ3) is 6.13. The third-order valence-electron chi connectivity index (χ3n) is 4.78. The summed E-state index contributed by atoms with van der Waals surface area (Å²) in [4.78, 5) is 16.4. The van der Waals surface area contributed by atoms with Gasteiger partial charge in [-0.15, -0.1) is 0 Å². The molecule has 33 heavy (non-hydrogen) atoms. The van der Waals surface area contributed by atoms with Gasteiger partial charge in [-0.2, -0.15) is 4.98 Å². The molecule has 2 aromatic carbocycles. The molecule has 10 heteroatoms. The molecule has 2 N–H and O–H groups in total. The van der Waals surface area contributed by atoms with Crippen LogP contribution in [-0.2, 0) is 11.2 Å². The molecule has 0 fully saturated rings. The molecule has 1 amide bonds. The summed E-state index contributed by atoms with van der Waals surface area (Å²) in [6.07, 6.45) is -0.422. The number of nitrogens with one attached hydrogen (secondary N) is 1. The van der Waals surface area contributed by atoms with Crippen molar-refractivity contribution in [2.24, 2.45) is 0 Å². The topological polar surface area (TPSA) is 125 Å². The first-order valence-electron chi connectivity index (χ1n) is 10.6. The maximum atomic E-state index is 12.1. The summed E-state index contributed by atoms with van der Waals surface area (Å²) < 4.78 is 26.7. The fourth-order valence-electron chi connectivity index (χ4n) is 3.10. The Hall–Kier alpha value is -3.79. The van der Waals surface area contributed by atoms with Crippen molar-refractivity contribution in [3.63, 3.8) is 0 Å². The van der Waals surface area contributed by atoms with E-state index in [-0.39, 0.29) is 32.3 Å². The summed E-state index contributed by atoms with van der Waals surface area (Å²) in [5, 5.41) is 16.7. The summed E-state index contributed by atoms with van der Waals surface area (Å²) in [6.45, 7) is 2.78. The van der Waals surface area contributed by atoms with E-state index in [1.807, 2.05) is 31.2 Å². The Labute approximate surface area is 190 Å². The number of aliphatic hydroxyl groups is 1. The molecule has 1 aliphatic heterocycles. The molecule has 1 aliphatic rings. The highest BCUT2D eigenvalue weighted by molar-refractivity contribution is 5.76. The lowest BCUT2D eigenvalue weighted by Gasteiger charge is -2.13. The Balaban J connectivity index is 1.16. The van der Waals surface area contributed by atoms with Crippen LogP contribution < -0.4 is 24.3 Å². The van der Waals surface area contributed by atoms with Gasteiger partial charge in [-0.3, -0.25) is 4.79 Å². The van der Waals surface area contributed by atoms with Crippen LogP contribution in [0.2, 0.25) is 0 Å². The normalized spacial score (nSPS) is 12.9. The van der Waals surface area contributed by atoms with Gasteiger partial charge in [0.15, 0.2) is 11.5 Å². The SMILES string of the molecule is CCOc1ccc(-c2noc(CCC(=O)NCC(O)COc3ccc4c(c3)OCO4)n2)cc1. The number of benzene rings is 2. The van der Waals surface area contributed by atoms with Gasteiger partial charge in [0.05, 0.1) is 6.61 Å². The Morgan fingerprint density at radius 3 is 2.73 bits per heavy atom. The number of hydrogen-bond acceptors (Lipinski definition) is 9. The minimum atomic E-state index is -0.867. The summed E-state index contributed by atoms with van der Waals surface area (Å²) in [5.74, 6) is 3.14. The molecule has 0 saturated heterocycles. The summed E-state index contributed by atoms with van der Waals surface area (Å²) in [5.41, 5.74) is 0.795. The van der Waals surface area contributed by atoms with Gasteiger partial charge in [-0.25, -0.2) is 0 Å². The number of carbonyl (C=O) groups is 1. The zero-order valence-corrected chi connectivity index (χ0v) is 18.2. The van der Waals surface area contributed by atoms with Gasteiger partial charge in [-0.1, -0.05) is 5.16 Å². The predicted molar refractivity (Wildman–Crippen MR) is 116 cm³/mol. The smallest absolute Gasteiger partial charge is 0.231 e. The number of aliphatic hydroxyl groups excluding tert-OH is 1. The van der Waals surface area contributed by atoms with E-state index in [1.165, 1.54) is 0 Å². The van der Waals surface area contributed by atoms with E-state index in [0.717, 1.165) is 11.3 Å². The molecule has 3 aromatic rings. The molecule has 174 valence electrons. The van der Waals surface area contributed by atoms with Crippen molar-refractivity contribution in [1.29, 1.82) is 0 Å². The summed E-state index contributed by atoms with van der Waals surface area (Å²) in [7, 11) is 0. The number of aryl methyl sites for hydroxylation is 1. The van der Waals surface area contributed by atoms with Crippen LogP contribution in [0.1, 0.15) is 19.2 Å². The molecule has 0 radical (unpaired) electrons. The maximum Gasteiger partial charge on any atom is 0.231 e. The molecule has 0 saturated carbocycles. The second-order valence-corrected chi connectivity index (χ2v) is 7.25. The molecule has 0 aliphatic carbocycles. The Morgan fingerprint density at radius 1 is 1.12 bits per heavy atom. The molecule has 1 aromatic heterocycles. The number of aromatic nitrogens is 2. The number of ether oxygens (including phenoxy) is 4. The van der Waals surface area contributed by atoms with Gasteiger partial charge in [0.1, 0.15) is 24.2 Å². The Kier molecular flexibility index (Phi) is 7.26. The molecule has 1 atom stereocenters. The lowest BCUT2D eigenvalue weighted by atomic mass is 10.2. The van der Waals surface area contributed by atoms with Crippen LogP contribution in [0.5, 0.6) is 23.0 Å². The lowest BCUT2D eigenvalue weighted by molar-refractivity contribution is -0.121. The average Bonchev–Trinajstić information content (AvgIpc) is 3.50. The average molecular weight is 455 g/mol. The van der Waals surface area contributed by atoms with E-state index in [2.05, 4.69) is 15.5 Å². The number of hydrogen-bond donors (Lipinski definition) is 2. The van der Waals surface area contributed by atoms with E-state index in [4.69, 9.17) is 23.5 Å². The number of rotatable bonds is 11. The zero-order valence-electron chi connectivity index (χ0n) is 18.2. The number of fused-ring (bicyclic) bond motifs is 1. The van der Waals surface area contributed by atoms with Gasteiger partial charge in [0.2, 0.25) is 24.4 Å². The highest BCUT2D eigenvalue weighted by Crippen LogP contribution is 2.35. The number of amides is 1. The monoisotopic (exact) mass is 455 g/mol. The van der Waals surface area contributed by atoms with Crippen LogP contribution in [-0.4, -0.2) is 53.8 Å². The first-order valence-corrected chi connectivity index (χ1v) is 10.6. The number of nitrogens with zero attached hydrogens (tertiary/aromatic N) is 2. The van der Waals surface area contributed by atoms with E-state index in [0.29, 0.717) is 42.0 Å². The van der Waals surface area contributed by atoms with Crippen molar-refractivity contribution >= 4 is 5.91 Å². The van der Waals surface area contributed by atoms with Crippen LogP contribution in [0.25, 0.3) is 11.4 Å². The second-order valence-electron chi connectivity index (χ2n) is 7.25. The molecule has 10 nitrogen and oxygen atoms in total. The van der Waals surface area contributed by atoms with Crippen molar-refractivity contribution < 1.29 is 33.4 Å². The van der Waals surface area contributed by atoms with Gasteiger partial charge in [0, 0.05) is 31.0 Å². The quantitative estimate of drug-likeness (QED) is 0.448. The van der Waals surface area contributed by atoms with Gasteiger partial charge < -0.3 is 33.9 Å². The van der Waals surface area contributed by atoms with Gasteiger partial charge in [-0.05, 0) is 43.3 Å². The van der Waals surface area contributed by atoms with Crippen molar-refractivity contribution in [2.45, 2.75) is 25.9 Å². The molecule has 0 bridgehead atoms. The first kappa shape index (κ1) is 22.4. The minimum absolute atomic E-state index is 0.0228. The number of carbonyl (C=O) groups excluding carboxylic acids is 1. The molecule has 1 unspecified atom stereocenters. The van der Waals surface area contributed by atoms with Crippen molar-refractivity contribution in [2.75, 3.05) is 26.6 Å². The zero-order chi connectivity index (χ0) is 23.0. The van der Waals surface area contributed by atoms with E-state index >= 15 is 0 Å². The van der Waals surface area contributed by atoms with Crippen LogP contribution in [0.15, 0.2) is 47.0 Å². The van der Waals surface area contributed by atoms with Crippen molar-refractivity contribution in [1.82, 2.24) is 15.5 Å². The summed E-state index contributed by atoms with van der Waals surface area (Å²) >= 11 is 0. The fourth-order valence-corrected chi connectivity index (χ4v) is 3.10. The van der Waals surface area contributed by atoms with Crippen LogP contribution in [0.3, 0.4) is 0 Å². The highest BCUT2D eigenvalue weighted by atomic mass is 16.7. The molecule has 4 rings (SSSR count). The van der Waals surface area contributed by atoms with Gasteiger partial charge in [0.25, 0.3) is 0 Å². The first-order chi connectivity index (χ1) is 16.1. The molecular weight excluding hydrogens is 430 g/mol. The standard InChI is InChI=1S/C23H25N3O7/c1-2-29-17-5-3-15(4-6-17)23-25-22(33-26-23)10-9-21(28)24-12-16(27)13-30-18-7-8-19-20(11-18)32-14-31-19/h3-8,11,16,27H,2,9-10,12-14H2,1H3,(H,24,28). The van der Waals surface area contributed by atoms with Gasteiger partial charge >= 0.3 is 0 Å². The highest BCUT2D eigenvalue weighted by Gasteiger charge is 2.15. The molecule has 2 heterocycles. The molecule has 0 spiro atoms. The van der Waals surface area contributed by atoms with Crippen molar-refractivity contribution in [3.8, 4) is 34.4 Å². The predicted octanol–water partition coefficient (Wildman–Crippen LogP) is 2.35. The fraction of sp³-hybridized carbons (Fsp3) is 0.348. The Bertz CT molecular complexity index is 1070. The Morgan fingerprint density at radius 2 is 1.91 bits per heavy atom.